The number of amides is 1. The number of carbonyl (C=O) groups excluding carboxylic acids is 1. The van der Waals surface area contributed by atoms with Crippen LogP contribution in [0.5, 0.6) is 0 Å². The van der Waals surface area contributed by atoms with Crippen LogP contribution >= 0.6 is 0 Å². The molecule has 0 aliphatic carbocycles. The number of hydrogen-bond acceptors (Lipinski definition) is 5. The first-order valence-electron chi connectivity index (χ1n) is 7.92. The van der Waals surface area contributed by atoms with Gasteiger partial charge in [0.2, 0.25) is 11.8 Å². The summed E-state index contributed by atoms with van der Waals surface area (Å²) >= 11 is 0. The third-order valence-corrected chi connectivity index (χ3v) is 4.20. The second-order valence-electron chi connectivity index (χ2n) is 6.03. The quantitative estimate of drug-likeness (QED) is 0.781. The highest BCUT2D eigenvalue weighted by Crippen LogP contribution is 2.26. The van der Waals surface area contributed by atoms with E-state index >= 15 is 0 Å². The van der Waals surface area contributed by atoms with Gasteiger partial charge in [0, 0.05) is 23.5 Å². The number of nitrogens with one attached hydrogen (secondary N) is 1. The smallest absolute Gasteiger partial charge is 0.240 e. The van der Waals surface area contributed by atoms with Crippen molar-refractivity contribution in [1.29, 1.82) is 5.26 Å². The monoisotopic (exact) mass is 330 g/mol. The van der Waals surface area contributed by atoms with E-state index in [1.165, 1.54) is 0 Å². The number of aromatic nitrogens is 1. The third kappa shape index (κ3) is 2.76. The maximum Gasteiger partial charge on any atom is 0.240 e. The van der Waals surface area contributed by atoms with Crippen LogP contribution in [-0.2, 0) is 4.79 Å². The number of nitrogens with zero attached hydrogens (tertiary/aromatic N) is 3. The molecule has 1 aliphatic rings. The first-order valence-corrected chi connectivity index (χ1v) is 7.92. The largest absolute Gasteiger partial charge is 0.436 e. The number of carbonyl (C=O) groups is 1. The molecule has 1 atom stereocenters. The summed E-state index contributed by atoms with van der Waals surface area (Å²) in [4.78, 5) is 15.9. The molecule has 4 rings (SSSR count). The van der Waals surface area contributed by atoms with Crippen LogP contribution in [0.25, 0.3) is 22.6 Å². The number of fused-ring (bicyclic) bond motifs is 1. The fraction of sp³-hybridized carbons (Fsp3) is 0.158. The highest BCUT2D eigenvalue weighted by atomic mass is 16.3. The number of nitriles is 1. The van der Waals surface area contributed by atoms with Gasteiger partial charge in [-0.05, 0) is 36.4 Å². The van der Waals surface area contributed by atoms with Crippen LogP contribution in [-0.4, -0.2) is 16.6 Å². The van der Waals surface area contributed by atoms with Crippen molar-refractivity contribution in [1.82, 2.24) is 10.4 Å². The summed E-state index contributed by atoms with van der Waals surface area (Å²) in [6, 6.07) is 14.9. The Balaban J connectivity index is 1.72. The summed E-state index contributed by atoms with van der Waals surface area (Å²) in [5, 5.41) is 13.1. The summed E-state index contributed by atoms with van der Waals surface area (Å²) < 4.78 is 5.88. The van der Waals surface area contributed by atoms with Crippen LogP contribution in [0.4, 0.5) is 0 Å². The molecular weight excluding hydrogens is 316 g/mol. The summed E-state index contributed by atoms with van der Waals surface area (Å²) in [7, 11) is 0. The van der Waals surface area contributed by atoms with Gasteiger partial charge in [0.05, 0.1) is 17.3 Å². The van der Waals surface area contributed by atoms with E-state index in [1.54, 1.807) is 12.1 Å². The summed E-state index contributed by atoms with van der Waals surface area (Å²) in [6.07, 6.45) is 0.420. The van der Waals surface area contributed by atoms with Crippen LogP contribution in [0.3, 0.4) is 0 Å². The molecule has 2 heterocycles. The molecule has 25 heavy (non-hydrogen) atoms. The van der Waals surface area contributed by atoms with E-state index in [4.69, 9.17) is 9.68 Å². The lowest BCUT2D eigenvalue weighted by Crippen LogP contribution is -2.31. The molecule has 1 aliphatic heterocycles. The van der Waals surface area contributed by atoms with Gasteiger partial charge in [0.1, 0.15) is 5.52 Å². The molecule has 1 amide bonds. The SMILES string of the molecule is CC1CC(=O)NN=C1c1ccc2nc(-c3ccc(C#N)cc3)oc2c1. The molecule has 3 aromatic rings. The van der Waals surface area contributed by atoms with Gasteiger partial charge in [-0.15, -0.1) is 0 Å². The van der Waals surface area contributed by atoms with Crippen LogP contribution in [0.2, 0.25) is 0 Å². The Labute approximate surface area is 143 Å². The topological polar surface area (TPSA) is 91.3 Å². The molecule has 0 radical (unpaired) electrons. The van der Waals surface area contributed by atoms with Crippen LogP contribution in [0.15, 0.2) is 52.0 Å². The molecule has 6 nitrogen and oxygen atoms in total. The Morgan fingerprint density at radius 2 is 1.96 bits per heavy atom. The van der Waals surface area contributed by atoms with Crippen LogP contribution in [0.1, 0.15) is 24.5 Å². The Morgan fingerprint density at radius 3 is 2.68 bits per heavy atom. The second kappa shape index (κ2) is 5.87. The molecule has 0 saturated carbocycles. The minimum atomic E-state index is -0.0694. The van der Waals surface area contributed by atoms with Gasteiger partial charge in [-0.25, -0.2) is 10.4 Å². The van der Waals surface area contributed by atoms with Crippen molar-refractivity contribution < 1.29 is 9.21 Å². The van der Waals surface area contributed by atoms with E-state index in [0.717, 1.165) is 22.4 Å². The predicted molar refractivity (Wildman–Crippen MR) is 92.6 cm³/mol. The van der Waals surface area contributed by atoms with E-state index < -0.39 is 0 Å². The average Bonchev–Trinajstić information content (AvgIpc) is 3.05. The first kappa shape index (κ1) is 15.1. The maximum absolute atomic E-state index is 11.4. The second-order valence-corrected chi connectivity index (χ2v) is 6.03. The molecule has 1 aromatic heterocycles. The first-order chi connectivity index (χ1) is 12.1. The summed E-state index contributed by atoms with van der Waals surface area (Å²) in [5.74, 6) is 0.482. The molecule has 1 unspecified atom stereocenters. The average molecular weight is 330 g/mol. The molecule has 2 aromatic carbocycles. The molecular formula is C19H14N4O2. The minimum Gasteiger partial charge on any atom is -0.436 e. The highest BCUT2D eigenvalue weighted by molar-refractivity contribution is 6.07. The van der Waals surface area contributed by atoms with Crippen molar-refractivity contribution in [3.63, 3.8) is 0 Å². The van der Waals surface area contributed by atoms with Crippen molar-refractivity contribution in [2.45, 2.75) is 13.3 Å². The lowest BCUT2D eigenvalue weighted by molar-refractivity contribution is -0.121. The Bertz CT molecular complexity index is 1040. The maximum atomic E-state index is 11.4. The van der Waals surface area contributed by atoms with E-state index in [-0.39, 0.29) is 11.8 Å². The van der Waals surface area contributed by atoms with Crippen LogP contribution in [0, 0.1) is 17.2 Å². The van der Waals surface area contributed by atoms with Gasteiger partial charge >= 0.3 is 0 Å². The standard InChI is InChI=1S/C19H14N4O2/c1-11-8-17(24)22-23-18(11)14-6-7-15-16(9-14)25-19(21-15)13-4-2-12(10-20)3-5-13/h2-7,9,11H,8H2,1H3,(H,22,24). The zero-order valence-corrected chi connectivity index (χ0v) is 13.5. The van der Waals surface area contributed by atoms with Gasteiger partial charge in [-0.1, -0.05) is 13.0 Å². The van der Waals surface area contributed by atoms with Crippen molar-refractivity contribution in [2.24, 2.45) is 11.0 Å². The lowest BCUT2D eigenvalue weighted by atomic mass is 9.94. The Morgan fingerprint density at radius 1 is 1.20 bits per heavy atom. The molecule has 0 bridgehead atoms. The molecule has 0 spiro atoms. The third-order valence-electron chi connectivity index (χ3n) is 4.20. The van der Waals surface area contributed by atoms with Crippen LogP contribution < -0.4 is 5.43 Å². The van der Waals surface area contributed by atoms with E-state index in [1.807, 2.05) is 37.3 Å². The van der Waals surface area contributed by atoms with Gasteiger partial charge in [0.25, 0.3) is 0 Å². The number of rotatable bonds is 2. The molecule has 122 valence electrons. The van der Waals surface area contributed by atoms with E-state index in [0.29, 0.717) is 23.5 Å². The number of benzene rings is 2. The molecule has 1 N–H and O–H groups in total. The number of oxazole rings is 1. The molecule has 0 saturated heterocycles. The predicted octanol–water partition coefficient (Wildman–Crippen LogP) is 3.23. The van der Waals surface area contributed by atoms with Crippen molar-refractivity contribution in [3.05, 3.63) is 53.6 Å². The Hall–Kier alpha value is -3.46. The summed E-state index contributed by atoms with van der Waals surface area (Å²) in [5.41, 5.74) is 7.07. The molecule has 6 heteroatoms. The number of hydrogen-bond donors (Lipinski definition) is 1. The van der Waals surface area contributed by atoms with E-state index in [2.05, 4.69) is 21.6 Å². The summed E-state index contributed by atoms with van der Waals surface area (Å²) in [6.45, 7) is 1.98. The van der Waals surface area contributed by atoms with Crippen molar-refractivity contribution >= 4 is 22.7 Å². The van der Waals surface area contributed by atoms with Crippen molar-refractivity contribution in [3.8, 4) is 17.5 Å². The zero-order valence-electron chi connectivity index (χ0n) is 13.5. The van der Waals surface area contributed by atoms with Gasteiger partial charge in [-0.2, -0.15) is 10.4 Å². The Kier molecular flexibility index (Phi) is 3.55. The van der Waals surface area contributed by atoms with Gasteiger partial charge in [0.15, 0.2) is 5.58 Å². The lowest BCUT2D eigenvalue weighted by Gasteiger charge is -2.18. The number of hydrazone groups is 1. The van der Waals surface area contributed by atoms with E-state index in [9.17, 15) is 4.79 Å². The fourth-order valence-electron chi connectivity index (χ4n) is 2.90. The fourth-order valence-corrected chi connectivity index (χ4v) is 2.90. The molecule has 0 fully saturated rings. The van der Waals surface area contributed by atoms with Gasteiger partial charge < -0.3 is 4.42 Å². The van der Waals surface area contributed by atoms with Crippen molar-refractivity contribution in [2.75, 3.05) is 0 Å². The normalized spacial score (nSPS) is 17.0. The minimum absolute atomic E-state index is 0.0483. The highest BCUT2D eigenvalue weighted by Gasteiger charge is 2.22. The van der Waals surface area contributed by atoms with Gasteiger partial charge in [-0.3, -0.25) is 4.79 Å². The zero-order chi connectivity index (χ0) is 17.4.